The molecule has 1 saturated carbocycles. The Kier molecular flexibility index (Phi) is 9.02. The van der Waals surface area contributed by atoms with Gasteiger partial charge in [0.1, 0.15) is 0 Å². The number of aryl methyl sites for hydroxylation is 2. The highest BCUT2D eigenvalue weighted by Gasteiger charge is 2.47. The summed E-state index contributed by atoms with van der Waals surface area (Å²) in [5.74, 6) is 2.69. The van der Waals surface area contributed by atoms with Gasteiger partial charge in [-0.1, -0.05) is 141 Å². The highest BCUT2D eigenvalue weighted by Crippen LogP contribution is 2.55. The van der Waals surface area contributed by atoms with Crippen LogP contribution in [-0.2, 0) is 18.3 Å². The minimum Gasteiger partial charge on any atom is -0.341 e. The molecule has 304 valence electrons. The molecular weight excluding hydrogens is 737 g/mol. The van der Waals surface area contributed by atoms with Crippen LogP contribution in [0.25, 0.3) is 11.1 Å². The lowest BCUT2D eigenvalue weighted by atomic mass is 9.68. The number of hydrogen-bond acceptors (Lipinski definition) is 2. The zero-order valence-corrected chi connectivity index (χ0v) is 35.9. The van der Waals surface area contributed by atoms with E-state index in [1.807, 2.05) is 0 Å². The number of nitrogens with zero attached hydrogens (tertiary/aromatic N) is 2. The summed E-state index contributed by atoms with van der Waals surface area (Å²) in [6, 6.07) is 33.9. The number of fused-ring (bicyclic) bond motifs is 7. The van der Waals surface area contributed by atoms with Crippen molar-refractivity contribution in [2.45, 2.75) is 101 Å². The van der Waals surface area contributed by atoms with Gasteiger partial charge in [-0.25, -0.2) is 0 Å². The first-order valence-electron chi connectivity index (χ1n) is 23.5. The van der Waals surface area contributed by atoms with Crippen LogP contribution in [0.4, 0.5) is 17.1 Å². The van der Waals surface area contributed by atoms with Crippen molar-refractivity contribution in [3.8, 4) is 11.1 Å². The van der Waals surface area contributed by atoms with Gasteiger partial charge >= 0.3 is 0 Å². The molecule has 0 spiro atoms. The molecule has 8 aliphatic rings. The van der Waals surface area contributed by atoms with E-state index in [1.54, 1.807) is 22.4 Å². The van der Waals surface area contributed by atoms with Crippen LogP contribution in [0.3, 0.4) is 0 Å². The Balaban J connectivity index is 0.892. The molecule has 0 amide bonds. The van der Waals surface area contributed by atoms with Crippen LogP contribution in [0.1, 0.15) is 105 Å². The van der Waals surface area contributed by atoms with Crippen LogP contribution in [0.15, 0.2) is 180 Å². The fourth-order valence-electron chi connectivity index (χ4n) is 13.0. The molecule has 2 heteroatoms. The van der Waals surface area contributed by atoms with Crippen LogP contribution >= 0.6 is 0 Å². The van der Waals surface area contributed by atoms with Crippen LogP contribution in [-0.4, -0.2) is 6.04 Å². The standard InChI is InChI=1S/C59H58N2/c1-59(2)54-20-10-7-18-50(54)51-34-33-48(38-55(51)59)60(46-29-25-40(26-30-46)45-24-23-39-13-3-4-14-42(39)35-45)47-31-27-41(28-32-47)49-17-8-11-21-56(49)61-57-22-12-9-19-52(57)53-36-43-15-5-6-16-44(43)37-58(53)61/h5-11,15-17,19-21,23-27,29-35,38,41,43-44,50,53,58H,3-4,12-14,18,22,28,36-37H2,1-2H3. The second-order valence-electron chi connectivity index (χ2n) is 19.7. The number of hydrogen-bond donors (Lipinski definition) is 0. The maximum Gasteiger partial charge on any atom is 0.0464 e. The first-order chi connectivity index (χ1) is 30.0. The lowest BCUT2D eigenvalue weighted by molar-refractivity contribution is 0.253. The Morgan fingerprint density at radius 3 is 2.33 bits per heavy atom. The third kappa shape index (κ3) is 6.19. The van der Waals surface area contributed by atoms with Crippen molar-refractivity contribution in [3.63, 3.8) is 0 Å². The summed E-state index contributed by atoms with van der Waals surface area (Å²) < 4.78 is 0. The highest BCUT2D eigenvalue weighted by atomic mass is 15.2. The van der Waals surface area contributed by atoms with E-state index in [0.29, 0.717) is 35.6 Å². The van der Waals surface area contributed by atoms with Crippen molar-refractivity contribution < 1.29 is 0 Å². The molecule has 0 aromatic heterocycles. The Morgan fingerprint density at radius 2 is 1.48 bits per heavy atom. The topological polar surface area (TPSA) is 6.48 Å². The normalized spacial score (nSPS) is 27.4. The highest BCUT2D eigenvalue weighted by molar-refractivity contribution is 5.76. The number of para-hydroxylation sites is 1. The predicted molar refractivity (Wildman–Crippen MR) is 255 cm³/mol. The Bertz CT molecular complexity index is 2670. The number of rotatable bonds is 6. The monoisotopic (exact) mass is 794 g/mol. The summed E-state index contributed by atoms with van der Waals surface area (Å²) >= 11 is 0. The first-order valence-corrected chi connectivity index (χ1v) is 23.5. The maximum absolute atomic E-state index is 2.83. The molecule has 1 heterocycles. The first kappa shape index (κ1) is 37.2. The van der Waals surface area contributed by atoms with Gasteiger partial charge < -0.3 is 9.80 Å². The minimum atomic E-state index is -0.00440. The molecule has 4 aromatic carbocycles. The molecule has 2 nitrogen and oxygen atoms in total. The van der Waals surface area contributed by atoms with E-state index in [0.717, 1.165) is 25.7 Å². The zero-order chi connectivity index (χ0) is 40.7. The summed E-state index contributed by atoms with van der Waals surface area (Å²) in [7, 11) is 0. The SMILES string of the molecule is CC1(C)C2=CC=CCC2c2ccc(N(C3=CCC(c4ccccc4N4C5=C(C=CCC5)C5CC6C=CC=CC6CC54)C=C3)c3ccc(-c4ccc5c(c4)CCCC5)cc3)cc21. The van der Waals surface area contributed by atoms with E-state index in [9.17, 15) is 0 Å². The van der Waals surface area contributed by atoms with Crippen molar-refractivity contribution in [1.29, 1.82) is 0 Å². The van der Waals surface area contributed by atoms with E-state index in [1.165, 1.54) is 94.7 Å². The van der Waals surface area contributed by atoms with Crippen LogP contribution in [0.2, 0.25) is 0 Å². The van der Waals surface area contributed by atoms with E-state index < -0.39 is 0 Å². The lowest BCUT2D eigenvalue weighted by Gasteiger charge is -2.42. The van der Waals surface area contributed by atoms with Gasteiger partial charge in [0.25, 0.3) is 0 Å². The predicted octanol–water partition coefficient (Wildman–Crippen LogP) is 14.8. The van der Waals surface area contributed by atoms with E-state index >= 15 is 0 Å². The summed E-state index contributed by atoms with van der Waals surface area (Å²) in [5, 5.41) is 0. The Labute approximate surface area is 363 Å². The molecule has 4 aromatic rings. The number of allylic oxidation sites excluding steroid dienone is 14. The molecule has 1 fully saturated rings. The van der Waals surface area contributed by atoms with Gasteiger partial charge in [0.2, 0.25) is 0 Å². The Morgan fingerprint density at radius 1 is 0.672 bits per heavy atom. The van der Waals surface area contributed by atoms with Gasteiger partial charge in [-0.05, 0) is 157 Å². The minimum absolute atomic E-state index is 0.00440. The second kappa shape index (κ2) is 14.8. The fourth-order valence-corrected chi connectivity index (χ4v) is 13.0. The molecule has 0 radical (unpaired) electrons. The number of benzene rings is 4. The quantitative estimate of drug-likeness (QED) is 0.192. The summed E-state index contributed by atoms with van der Waals surface area (Å²) in [6.45, 7) is 4.86. The molecule has 0 bridgehead atoms. The van der Waals surface area contributed by atoms with E-state index in [4.69, 9.17) is 0 Å². The van der Waals surface area contributed by atoms with Crippen molar-refractivity contribution in [1.82, 2.24) is 0 Å². The molecule has 6 unspecified atom stereocenters. The summed E-state index contributed by atoms with van der Waals surface area (Å²) in [5.41, 5.74) is 20.0. The van der Waals surface area contributed by atoms with Crippen LogP contribution in [0.5, 0.6) is 0 Å². The molecule has 0 N–H and O–H groups in total. The van der Waals surface area contributed by atoms with Gasteiger partial charge in [0.05, 0.1) is 0 Å². The van der Waals surface area contributed by atoms with Crippen molar-refractivity contribution in [2.24, 2.45) is 17.8 Å². The smallest absolute Gasteiger partial charge is 0.0464 e. The largest absolute Gasteiger partial charge is 0.341 e. The fraction of sp³-hybridized carbons (Fsp3) is 0.322. The average Bonchev–Trinajstić information content (AvgIpc) is 3.75. The van der Waals surface area contributed by atoms with Crippen LogP contribution < -0.4 is 9.80 Å². The van der Waals surface area contributed by atoms with Gasteiger partial charge in [-0.2, -0.15) is 0 Å². The molecule has 61 heavy (non-hydrogen) atoms. The number of anilines is 3. The van der Waals surface area contributed by atoms with Gasteiger partial charge in [-0.3, -0.25) is 0 Å². The lowest BCUT2D eigenvalue weighted by Crippen LogP contribution is -2.42. The van der Waals surface area contributed by atoms with Crippen LogP contribution in [0, 0.1) is 17.8 Å². The third-order valence-corrected chi connectivity index (χ3v) is 16.0. The van der Waals surface area contributed by atoms with Gasteiger partial charge in [0, 0.05) is 57.7 Å². The van der Waals surface area contributed by atoms with Gasteiger partial charge in [-0.15, -0.1) is 0 Å². The van der Waals surface area contributed by atoms with E-state index in [-0.39, 0.29) is 5.41 Å². The Hall–Kier alpha value is -5.60. The molecule has 6 atom stereocenters. The van der Waals surface area contributed by atoms with Crippen molar-refractivity contribution in [3.05, 3.63) is 208 Å². The molecule has 0 saturated heterocycles. The van der Waals surface area contributed by atoms with E-state index in [2.05, 4.69) is 181 Å². The molecule has 7 aliphatic carbocycles. The molecule has 12 rings (SSSR count). The third-order valence-electron chi connectivity index (χ3n) is 16.0. The summed E-state index contributed by atoms with van der Waals surface area (Å²) in [4.78, 5) is 5.36. The molecule has 1 aliphatic heterocycles. The average molecular weight is 795 g/mol. The maximum atomic E-state index is 2.83. The second-order valence-corrected chi connectivity index (χ2v) is 19.7. The molecular formula is C59H58N2. The summed E-state index contributed by atoms with van der Waals surface area (Å²) in [6.07, 6.45) is 40.8. The zero-order valence-electron chi connectivity index (χ0n) is 35.9. The van der Waals surface area contributed by atoms with Gasteiger partial charge in [0.15, 0.2) is 0 Å². The van der Waals surface area contributed by atoms with Crippen molar-refractivity contribution >= 4 is 17.1 Å². The van der Waals surface area contributed by atoms with Crippen molar-refractivity contribution in [2.75, 3.05) is 9.80 Å².